The second-order valence-electron chi connectivity index (χ2n) is 6.65. The van der Waals surface area contributed by atoms with Crippen molar-refractivity contribution in [3.63, 3.8) is 0 Å². The number of methoxy groups -OCH3 is 1. The number of thiophene rings is 1. The number of rotatable bonds is 3. The summed E-state index contributed by atoms with van der Waals surface area (Å²) in [5.74, 6) is -0.604. The van der Waals surface area contributed by atoms with E-state index < -0.39 is 0 Å². The van der Waals surface area contributed by atoms with Crippen LogP contribution in [0.4, 0.5) is 15.1 Å². The third-order valence-electron chi connectivity index (χ3n) is 4.96. The van der Waals surface area contributed by atoms with Gasteiger partial charge in [-0.25, -0.2) is 9.18 Å². The zero-order valence-electron chi connectivity index (χ0n) is 15.9. The Morgan fingerprint density at radius 1 is 1.48 bits per heavy atom. The number of aryl methyl sites for hydroxylation is 2. The van der Waals surface area contributed by atoms with Gasteiger partial charge in [0.05, 0.1) is 12.7 Å². The van der Waals surface area contributed by atoms with Crippen molar-refractivity contribution in [2.45, 2.75) is 46.1 Å². The maximum atomic E-state index is 13.6. The SMILES string of the molecule is CCc1c(C)sc(NC(=S)N2c3ccc(F)cc3CCC2C)c1C(=O)OC. The van der Waals surface area contributed by atoms with Crippen LogP contribution in [0.15, 0.2) is 18.2 Å². The smallest absolute Gasteiger partial charge is 0.341 e. The summed E-state index contributed by atoms with van der Waals surface area (Å²) in [6.45, 7) is 6.10. The number of carbonyl (C=O) groups is 1. The van der Waals surface area contributed by atoms with Crippen molar-refractivity contribution < 1.29 is 13.9 Å². The van der Waals surface area contributed by atoms with Crippen molar-refractivity contribution in [2.24, 2.45) is 0 Å². The Morgan fingerprint density at radius 2 is 2.22 bits per heavy atom. The number of anilines is 2. The Kier molecular flexibility index (Phi) is 5.81. The van der Waals surface area contributed by atoms with Gasteiger partial charge in [-0.2, -0.15) is 0 Å². The van der Waals surface area contributed by atoms with E-state index in [-0.39, 0.29) is 17.8 Å². The van der Waals surface area contributed by atoms with Crippen LogP contribution in [-0.4, -0.2) is 24.2 Å². The number of benzene rings is 1. The molecule has 1 N–H and O–H groups in total. The van der Waals surface area contributed by atoms with Gasteiger partial charge in [-0.3, -0.25) is 0 Å². The summed E-state index contributed by atoms with van der Waals surface area (Å²) in [5.41, 5.74) is 3.39. The Morgan fingerprint density at radius 3 is 2.89 bits per heavy atom. The fraction of sp³-hybridized carbons (Fsp3) is 0.400. The number of hydrogen-bond donors (Lipinski definition) is 1. The minimum Gasteiger partial charge on any atom is -0.465 e. The molecule has 0 saturated heterocycles. The van der Waals surface area contributed by atoms with E-state index in [0.29, 0.717) is 15.7 Å². The maximum absolute atomic E-state index is 13.6. The number of ether oxygens (including phenoxy) is 1. The predicted molar refractivity (Wildman–Crippen MR) is 113 cm³/mol. The molecular weight excluding hydrogens is 383 g/mol. The topological polar surface area (TPSA) is 41.6 Å². The predicted octanol–water partition coefficient (Wildman–Crippen LogP) is 5.08. The Hall–Kier alpha value is -1.99. The lowest BCUT2D eigenvalue weighted by molar-refractivity contribution is 0.0601. The van der Waals surface area contributed by atoms with Gasteiger partial charge in [-0.15, -0.1) is 11.3 Å². The molecule has 1 aromatic heterocycles. The summed E-state index contributed by atoms with van der Waals surface area (Å²) in [5, 5.41) is 4.46. The number of thiocarbonyl (C=S) groups is 1. The fourth-order valence-electron chi connectivity index (χ4n) is 3.60. The fourth-order valence-corrected chi connectivity index (χ4v) is 5.17. The standard InChI is InChI=1S/C20H23FN2O2S2/c1-5-15-12(3)27-18(17(15)19(24)25-4)22-20(26)23-11(2)6-7-13-10-14(21)8-9-16(13)23/h8-11H,5-7H2,1-4H3,(H,22,26). The van der Waals surface area contributed by atoms with E-state index in [0.717, 1.165) is 41.0 Å². The van der Waals surface area contributed by atoms with Crippen molar-refractivity contribution in [3.8, 4) is 0 Å². The van der Waals surface area contributed by atoms with Crippen molar-refractivity contribution in [3.05, 3.63) is 45.6 Å². The number of esters is 1. The van der Waals surface area contributed by atoms with Crippen LogP contribution in [0.1, 0.15) is 46.6 Å². The molecule has 7 heteroatoms. The molecule has 1 aliphatic rings. The van der Waals surface area contributed by atoms with Gasteiger partial charge in [-0.05, 0) is 74.7 Å². The first-order valence-corrected chi connectivity index (χ1v) is 10.2. The first kappa shape index (κ1) is 19.8. The molecule has 0 saturated carbocycles. The molecule has 0 spiro atoms. The van der Waals surface area contributed by atoms with Gasteiger partial charge in [0.15, 0.2) is 5.11 Å². The van der Waals surface area contributed by atoms with E-state index in [1.807, 2.05) is 18.7 Å². The summed E-state index contributed by atoms with van der Waals surface area (Å²) in [6.07, 6.45) is 2.44. The normalized spacial score (nSPS) is 16.0. The summed E-state index contributed by atoms with van der Waals surface area (Å²) >= 11 is 7.19. The summed E-state index contributed by atoms with van der Waals surface area (Å²) in [4.78, 5) is 15.4. The van der Waals surface area contributed by atoms with Gasteiger partial charge < -0.3 is 15.0 Å². The quantitative estimate of drug-likeness (QED) is 0.568. The number of hydrogen-bond acceptors (Lipinski definition) is 4. The van der Waals surface area contributed by atoms with Crippen LogP contribution in [0.2, 0.25) is 0 Å². The third kappa shape index (κ3) is 3.71. The molecule has 0 aliphatic carbocycles. The monoisotopic (exact) mass is 406 g/mol. The molecule has 0 radical (unpaired) electrons. The highest BCUT2D eigenvalue weighted by Gasteiger charge is 2.29. The highest BCUT2D eigenvalue weighted by molar-refractivity contribution is 7.80. The molecule has 27 heavy (non-hydrogen) atoms. The molecule has 4 nitrogen and oxygen atoms in total. The van der Waals surface area contributed by atoms with Gasteiger partial charge in [0, 0.05) is 16.6 Å². The molecule has 0 fully saturated rings. The lowest BCUT2D eigenvalue weighted by atomic mass is 9.97. The van der Waals surface area contributed by atoms with Crippen molar-refractivity contribution in [1.29, 1.82) is 0 Å². The maximum Gasteiger partial charge on any atom is 0.341 e. The van der Waals surface area contributed by atoms with Gasteiger partial charge in [-0.1, -0.05) is 6.92 Å². The second-order valence-corrected chi connectivity index (χ2v) is 8.26. The molecule has 1 unspecified atom stereocenters. The van der Waals surface area contributed by atoms with Gasteiger partial charge in [0.1, 0.15) is 10.8 Å². The van der Waals surface area contributed by atoms with Gasteiger partial charge in [0.2, 0.25) is 0 Å². The van der Waals surface area contributed by atoms with Crippen LogP contribution < -0.4 is 10.2 Å². The summed E-state index contributed by atoms with van der Waals surface area (Å²) in [6, 6.07) is 4.97. The lowest BCUT2D eigenvalue weighted by Gasteiger charge is -2.37. The number of carbonyl (C=O) groups excluding carboxylic acids is 1. The first-order valence-electron chi connectivity index (χ1n) is 8.96. The number of fused-ring (bicyclic) bond motifs is 1. The van der Waals surface area contributed by atoms with Crippen LogP contribution in [-0.2, 0) is 17.6 Å². The molecule has 0 bridgehead atoms. The number of nitrogens with one attached hydrogen (secondary N) is 1. The first-order chi connectivity index (χ1) is 12.9. The number of halogens is 1. The molecule has 1 aliphatic heterocycles. The van der Waals surface area contributed by atoms with Crippen molar-refractivity contribution >= 4 is 45.3 Å². The highest BCUT2D eigenvalue weighted by Crippen LogP contribution is 2.36. The minimum absolute atomic E-state index is 0.177. The van der Waals surface area contributed by atoms with E-state index in [4.69, 9.17) is 17.0 Å². The third-order valence-corrected chi connectivity index (χ3v) is 6.33. The number of nitrogens with zero attached hydrogens (tertiary/aromatic N) is 1. The van der Waals surface area contributed by atoms with Gasteiger partial charge in [0.25, 0.3) is 0 Å². The summed E-state index contributed by atoms with van der Waals surface area (Å²) < 4.78 is 18.6. The van der Waals surface area contributed by atoms with E-state index in [1.54, 1.807) is 12.1 Å². The largest absolute Gasteiger partial charge is 0.465 e. The molecule has 1 atom stereocenters. The average molecular weight is 407 g/mol. The van der Waals surface area contributed by atoms with Crippen molar-refractivity contribution in [2.75, 3.05) is 17.3 Å². The zero-order valence-corrected chi connectivity index (χ0v) is 17.5. The minimum atomic E-state index is -0.365. The Bertz CT molecular complexity index is 894. The highest BCUT2D eigenvalue weighted by atomic mass is 32.1. The van der Waals surface area contributed by atoms with Crippen LogP contribution in [0, 0.1) is 12.7 Å². The van der Waals surface area contributed by atoms with Crippen LogP contribution in [0.5, 0.6) is 0 Å². The lowest BCUT2D eigenvalue weighted by Crippen LogP contribution is -2.44. The Labute approximate surface area is 168 Å². The molecule has 0 amide bonds. The molecule has 2 aromatic rings. The van der Waals surface area contributed by atoms with E-state index in [9.17, 15) is 9.18 Å². The molecule has 144 valence electrons. The van der Waals surface area contributed by atoms with Crippen LogP contribution in [0.3, 0.4) is 0 Å². The average Bonchev–Trinajstić information content (AvgIpc) is 2.95. The summed E-state index contributed by atoms with van der Waals surface area (Å²) in [7, 11) is 1.38. The van der Waals surface area contributed by atoms with Crippen LogP contribution in [0.25, 0.3) is 0 Å². The molecule has 2 heterocycles. The van der Waals surface area contributed by atoms with E-state index in [1.165, 1.54) is 24.5 Å². The second kappa shape index (κ2) is 7.94. The van der Waals surface area contributed by atoms with Gasteiger partial charge >= 0.3 is 5.97 Å². The molecule has 1 aromatic carbocycles. The van der Waals surface area contributed by atoms with E-state index >= 15 is 0 Å². The molecule has 3 rings (SSSR count). The van der Waals surface area contributed by atoms with Crippen LogP contribution >= 0.6 is 23.6 Å². The van der Waals surface area contributed by atoms with E-state index in [2.05, 4.69) is 12.2 Å². The molecular formula is C20H23FN2O2S2. The Balaban J connectivity index is 1.96. The van der Waals surface area contributed by atoms with Crippen molar-refractivity contribution in [1.82, 2.24) is 0 Å². The zero-order chi connectivity index (χ0) is 19.7.